The van der Waals surface area contributed by atoms with Gasteiger partial charge in [-0.2, -0.15) is 5.01 Å². The summed E-state index contributed by atoms with van der Waals surface area (Å²) < 4.78 is 5.06. The molecule has 3 amide bonds. The third-order valence-electron chi connectivity index (χ3n) is 5.99. The van der Waals surface area contributed by atoms with Crippen molar-refractivity contribution in [1.29, 1.82) is 0 Å². The van der Waals surface area contributed by atoms with E-state index in [1.165, 1.54) is 0 Å². The van der Waals surface area contributed by atoms with Crippen LogP contribution in [0.25, 0.3) is 0 Å². The number of rotatable bonds is 3. The van der Waals surface area contributed by atoms with Crippen molar-refractivity contribution >= 4 is 17.7 Å². The number of hydrogen-bond acceptors (Lipinski definition) is 4. The van der Waals surface area contributed by atoms with Crippen LogP contribution in [0.15, 0.2) is 24.3 Å². The Kier molecular flexibility index (Phi) is 3.66. The number of carbonyl (C=O) groups excluding carboxylic acids is 3. The van der Waals surface area contributed by atoms with Gasteiger partial charge in [0.25, 0.3) is 17.7 Å². The van der Waals surface area contributed by atoms with Crippen LogP contribution in [0.3, 0.4) is 0 Å². The molecule has 0 radical (unpaired) electrons. The van der Waals surface area contributed by atoms with Crippen molar-refractivity contribution in [2.24, 2.45) is 16.7 Å². The van der Waals surface area contributed by atoms with Gasteiger partial charge in [0.05, 0.1) is 12.5 Å². The Morgan fingerprint density at radius 2 is 1.83 bits per heavy atom. The van der Waals surface area contributed by atoms with E-state index in [0.29, 0.717) is 24.2 Å². The molecule has 1 aromatic rings. The molecule has 6 heteroatoms. The Labute approximate surface area is 141 Å². The van der Waals surface area contributed by atoms with E-state index in [0.717, 1.165) is 5.01 Å². The molecule has 1 saturated heterocycles. The van der Waals surface area contributed by atoms with Crippen molar-refractivity contribution in [1.82, 2.24) is 10.4 Å². The Morgan fingerprint density at radius 3 is 2.42 bits per heavy atom. The Balaban J connectivity index is 1.84. The Bertz CT molecular complexity index is 710. The first kappa shape index (κ1) is 16.5. The predicted molar refractivity (Wildman–Crippen MR) is 86.9 cm³/mol. The molecular weight excluding hydrogens is 308 g/mol. The van der Waals surface area contributed by atoms with E-state index in [4.69, 9.17) is 4.74 Å². The van der Waals surface area contributed by atoms with E-state index in [1.54, 1.807) is 31.4 Å². The second-order valence-corrected chi connectivity index (χ2v) is 7.29. The van der Waals surface area contributed by atoms with Gasteiger partial charge in [-0.3, -0.25) is 19.8 Å². The number of nitrogens with one attached hydrogen (secondary N) is 1. The molecule has 0 unspecified atom stereocenters. The zero-order valence-electron chi connectivity index (χ0n) is 14.4. The monoisotopic (exact) mass is 330 g/mol. The van der Waals surface area contributed by atoms with Gasteiger partial charge >= 0.3 is 0 Å². The number of carbonyl (C=O) groups is 3. The first-order chi connectivity index (χ1) is 11.2. The number of piperidine rings is 1. The smallest absolute Gasteiger partial charge is 0.270 e. The fourth-order valence-corrected chi connectivity index (χ4v) is 3.83. The molecule has 2 bridgehead atoms. The van der Waals surface area contributed by atoms with Crippen LogP contribution in [0.2, 0.25) is 0 Å². The third-order valence-corrected chi connectivity index (χ3v) is 5.99. The number of hydrazine groups is 1. The van der Waals surface area contributed by atoms with Crippen molar-refractivity contribution in [3.8, 4) is 5.75 Å². The standard InChI is InChI=1S/C18H22N2O4/c1-17(2)13-9-10-18(17,3)16(23)20(15(13)22)19-14(21)11-5-7-12(24-4)8-6-11/h5-8,13H,9-10H2,1-4H3,(H,19,21)/t13-,18-/m0/s1. The van der Waals surface area contributed by atoms with E-state index < -0.39 is 16.7 Å². The quantitative estimate of drug-likeness (QED) is 0.862. The molecule has 1 heterocycles. The van der Waals surface area contributed by atoms with E-state index in [2.05, 4.69) is 5.43 Å². The molecule has 0 spiro atoms. The summed E-state index contributed by atoms with van der Waals surface area (Å²) in [5.74, 6) is -0.752. The lowest BCUT2D eigenvalue weighted by atomic mass is 9.63. The zero-order valence-corrected chi connectivity index (χ0v) is 14.4. The SMILES string of the molecule is COc1ccc(C(=O)NN2C(=O)[C@@H]3CC[C@@](C)(C2=O)C3(C)C)cc1. The number of amides is 3. The van der Waals surface area contributed by atoms with Crippen LogP contribution in [0.5, 0.6) is 5.75 Å². The van der Waals surface area contributed by atoms with Crippen molar-refractivity contribution in [3.05, 3.63) is 29.8 Å². The molecule has 128 valence electrons. The highest BCUT2D eigenvalue weighted by Gasteiger charge is 2.64. The zero-order chi connectivity index (χ0) is 17.7. The lowest BCUT2D eigenvalue weighted by Gasteiger charge is -2.47. The van der Waals surface area contributed by atoms with Gasteiger partial charge in [-0.1, -0.05) is 20.8 Å². The van der Waals surface area contributed by atoms with Gasteiger partial charge in [0, 0.05) is 11.5 Å². The van der Waals surface area contributed by atoms with Crippen LogP contribution in [0, 0.1) is 16.7 Å². The highest BCUT2D eigenvalue weighted by atomic mass is 16.5. The van der Waals surface area contributed by atoms with Crippen LogP contribution < -0.4 is 10.2 Å². The molecule has 24 heavy (non-hydrogen) atoms. The van der Waals surface area contributed by atoms with Crippen molar-refractivity contribution in [2.45, 2.75) is 33.6 Å². The first-order valence-corrected chi connectivity index (χ1v) is 8.06. The minimum Gasteiger partial charge on any atom is -0.497 e. The molecule has 3 rings (SSSR count). The highest BCUT2D eigenvalue weighted by molar-refractivity contribution is 6.06. The summed E-state index contributed by atoms with van der Waals surface area (Å²) in [4.78, 5) is 38.0. The highest BCUT2D eigenvalue weighted by Crippen LogP contribution is 2.59. The van der Waals surface area contributed by atoms with Gasteiger partial charge < -0.3 is 4.74 Å². The van der Waals surface area contributed by atoms with Crippen LogP contribution in [-0.2, 0) is 9.59 Å². The van der Waals surface area contributed by atoms with Crippen LogP contribution in [0.4, 0.5) is 0 Å². The summed E-state index contributed by atoms with van der Waals surface area (Å²) in [5.41, 5.74) is 1.81. The molecule has 2 fully saturated rings. The first-order valence-electron chi connectivity index (χ1n) is 8.06. The lowest BCUT2D eigenvalue weighted by Crippen LogP contribution is -2.63. The number of nitrogens with zero attached hydrogens (tertiary/aromatic N) is 1. The maximum absolute atomic E-state index is 12.9. The molecule has 1 saturated carbocycles. The molecule has 6 nitrogen and oxygen atoms in total. The van der Waals surface area contributed by atoms with Crippen LogP contribution in [0.1, 0.15) is 44.0 Å². The third kappa shape index (κ3) is 2.12. The summed E-state index contributed by atoms with van der Waals surface area (Å²) in [6, 6.07) is 6.49. The number of benzene rings is 1. The predicted octanol–water partition coefficient (Wildman–Crippen LogP) is 2.15. The van der Waals surface area contributed by atoms with Gasteiger partial charge in [0.15, 0.2) is 0 Å². The van der Waals surface area contributed by atoms with Gasteiger partial charge in [-0.15, -0.1) is 0 Å². The summed E-state index contributed by atoms with van der Waals surface area (Å²) in [5, 5.41) is 0.926. The molecule has 1 aromatic carbocycles. The summed E-state index contributed by atoms with van der Waals surface area (Å²) in [6.45, 7) is 5.81. The molecule has 1 N–H and O–H groups in total. The van der Waals surface area contributed by atoms with Gasteiger partial charge in [-0.05, 0) is 42.5 Å². The van der Waals surface area contributed by atoms with Crippen LogP contribution >= 0.6 is 0 Å². The molecule has 2 atom stereocenters. The second-order valence-electron chi connectivity index (χ2n) is 7.29. The fourth-order valence-electron chi connectivity index (χ4n) is 3.83. The number of imide groups is 1. The van der Waals surface area contributed by atoms with Gasteiger partial charge in [-0.25, -0.2) is 0 Å². The Morgan fingerprint density at radius 1 is 1.21 bits per heavy atom. The maximum Gasteiger partial charge on any atom is 0.270 e. The maximum atomic E-state index is 12.9. The summed E-state index contributed by atoms with van der Waals surface area (Å²) >= 11 is 0. The van der Waals surface area contributed by atoms with E-state index in [-0.39, 0.29) is 17.7 Å². The lowest BCUT2D eigenvalue weighted by molar-refractivity contribution is -0.171. The molecule has 0 aromatic heterocycles. The summed E-state index contributed by atoms with van der Waals surface area (Å²) in [7, 11) is 1.54. The largest absolute Gasteiger partial charge is 0.497 e. The average molecular weight is 330 g/mol. The van der Waals surface area contributed by atoms with Crippen molar-refractivity contribution in [3.63, 3.8) is 0 Å². The summed E-state index contributed by atoms with van der Waals surface area (Å²) in [6.07, 6.45) is 1.33. The van der Waals surface area contributed by atoms with Crippen molar-refractivity contribution < 1.29 is 19.1 Å². The van der Waals surface area contributed by atoms with E-state index in [1.807, 2.05) is 20.8 Å². The molecule has 1 aliphatic carbocycles. The fraction of sp³-hybridized carbons (Fsp3) is 0.500. The van der Waals surface area contributed by atoms with E-state index in [9.17, 15) is 14.4 Å². The minimum absolute atomic E-state index is 0.253. The normalized spacial score (nSPS) is 28.0. The minimum atomic E-state index is -0.640. The van der Waals surface area contributed by atoms with E-state index >= 15 is 0 Å². The molecule has 2 aliphatic rings. The van der Waals surface area contributed by atoms with Gasteiger partial charge in [0.1, 0.15) is 5.75 Å². The topological polar surface area (TPSA) is 75.7 Å². The Hall–Kier alpha value is -2.37. The molecule has 1 aliphatic heterocycles. The number of ether oxygens (including phenoxy) is 1. The average Bonchev–Trinajstić information content (AvgIpc) is 2.76. The number of fused-ring (bicyclic) bond motifs is 2. The van der Waals surface area contributed by atoms with Gasteiger partial charge in [0.2, 0.25) is 0 Å². The van der Waals surface area contributed by atoms with Crippen molar-refractivity contribution in [2.75, 3.05) is 7.11 Å². The number of methoxy groups -OCH3 is 1. The molecular formula is C18H22N2O4. The van der Waals surface area contributed by atoms with Crippen LogP contribution in [-0.4, -0.2) is 29.8 Å². The second kappa shape index (κ2) is 5.33. The number of hydrogen-bond donors (Lipinski definition) is 1.